The summed E-state index contributed by atoms with van der Waals surface area (Å²) in [5.74, 6) is 6.78. The number of nitrogens with zero attached hydrogens (tertiary/aromatic N) is 3. The van der Waals surface area contributed by atoms with Crippen LogP contribution in [0.25, 0.3) is 0 Å². The quantitative estimate of drug-likeness (QED) is 0.759. The van der Waals surface area contributed by atoms with Crippen molar-refractivity contribution in [1.82, 2.24) is 9.13 Å². The molecular weight excluding hydrogens is 365 g/mol. The maximum absolute atomic E-state index is 11.9. The molecule has 8 heteroatoms. The Kier molecular flexibility index (Phi) is 6.18. The summed E-state index contributed by atoms with van der Waals surface area (Å²) in [7, 11) is 4.79. The molecule has 0 fully saturated rings. The predicted molar refractivity (Wildman–Crippen MR) is 99.9 cm³/mol. The third-order valence-electron chi connectivity index (χ3n) is 3.53. The minimum atomic E-state index is -0.386. The lowest BCUT2D eigenvalue weighted by Gasteiger charge is -2.19. The molecule has 0 aliphatic rings. The summed E-state index contributed by atoms with van der Waals surface area (Å²) in [5, 5.41) is 0.950. The summed E-state index contributed by atoms with van der Waals surface area (Å²) in [6.45, 7) is 0.489. The van der Waals surface area contributed by atoms with Gasteiger partial charge in [-0.05, 0) is 18.2 Å². The van der Waals surface area contributed by atoms with E-state index in [9.17, 15) is 9.59 Å². The second kappa shape index (κ2) is 8.15. The standard InChI is InChI=1S/C17H17Cl2N3O3/c1-20(15-11-16(23)22(3)17(24)21(15)2)8-4-5-9-25-14-7-6-12(18)10-13(14)19/h6-7,10-11H,8-9H2,1-3H3. The molecule has 0 spiro atoms. The molecule has 0 unspecified atom stereocenters. The molecule has 2 aromatic rings. The van der Waals surface area contributed by atoms with Gasteiger partial charge in [-0.1, -0.05) is 35.0 Å². The van der Waals surface area contributed by atoms with Crippen LogP contribution in [0.3, 0.4) is 0 Å². The number of rotatable bonds is 4. The zero-order valence-corrected chi connectivity index (χ0v) is 15.6. The zero-order chi connectivity index (χ0) is 18.6. The first-order valence-electron chi connectivity index (χ1n) is 7.33. The smallest absolute Gasteiger partial charge is 0.332 e. The van der Waals surface area contributed by atoms with Crippen molar-refractivity contribution in [2.24, 2.45) is 14.1 Å². The molecule has 0 atom stereocenters. The number of hydrogen-bond donors (Lipinski definition) is 0. The summed E-state index contributed by atoms with van der Waals surface area (Å²) in [6.07, 6.45) is 0. The highest BCUT2D eigenvalue weighted by Crippen LogP contribution is 2.27. The summed E-state index contributed by atoms with van der Waals surface area (Å²) in [6, 6.07) is 6.34. The van der Waals surface area contributed by atoms with E-state index in [4.69, 9.17) is 27.9 Å². The summed E-state index contributed by atoms with van der Waals surface area (Å²) in [5.41, 5.74) is -0.748. The van der Waals surface area contributed by atoms with E-state index in [1.54, 1.807) is 37.2 Å². The SMILES string of the molecule is CN(CC#CCOc1ccc(Cl)cc1Cl)c1cc(=O)n(C)c(=O)n1C. The monoisotopic (exact) mass is 381 g/mol. The van der Waals surface area contributed by atoms with E-state index >= 15 is 0 Å². The van der Waals surface area contributed by atoms with Gasteiger partial charge in [-0.25, -0.2) is 4.79 Å². The van der Waals surface area contributed by atoms with E-state index in [0.29, 0.717) is 28.2 Å². The molecule has 0 aliphatic heterocycles. The molecule has 1 aromatic heterocycles. The van der Waals surface area contributed by atoms with Crippen LogP contribution in [0.2, 0.25) is 10.0 Å². The molecule has 2 rings (SSSR count). The zero-order valence-electron chi connectivity index (χ0n) is 14.0. The van der Waals surface area contributed by atoms with Crippen molar-refractivity contribution in [1.29, 1.82) is 0 Å². The number of hydrogen-bond acceptors (Lipinski definition) is 4. The fourth-order valence-electron chi connectivity index (χ4n) is 2.10. The Bertz CT molecular complexity index is 954. The van der Waals surface area contributed by atoms with Crippen LogP contribution in [0.5, 0.6) is 5.75 Å². The van der Waals surface area contributed by atoms with Crippen LogP contribution in [-0.4, -0.2) is 29.3 Å². The van der Waals surface area contributed by atoms with Gasteiger partial charge in [-0.2, -0.15) is 0 Å². The molecule has 0 aliphatic carbocycles. The normalized spacial score (nSPS) is 10.1. The van der Waals surface area contributed by atoms with Crippen LogP contribution in [0, 0.1) is 11.8 Å². The molecule has 0 amide bonds. The minimum Gasteiger partial charge on any atom is -0.479 e. The van der Waals surface area contributed by atoms with Crippen molar-refractivity contribution in [3.8, 4) is 17.6 Å². The van der Waals surface area contributed by atoms with Crippen LogP contribution < -0.4 is 20.9 Å². The van der Waals surface area contributed by atoms with Gasteiger partial charge >= 0.3 is 5.69 Å². The van der Waals surface area contributed by atoms with Gasteiger partial charge < -0.3 is 9.64 Å². The number of aromatic nitrogens is 2. The Morgan fingerprint density at radius 2 is 1.84 bits per heavy atom. The van der Waals surface area contributed by atoms with Crippen LogP contribution in [0.15, 0.2) is 33.9 Å². The predicted octanol–water partition coefficient (Wildman–Crippen LogP) is 1.91. The second-order valence-corrected chi connectivity index (χ2v) is 6.16. The topological polar surface area (TPSA) is 56.5 Å². The fraction of sp³-hybridized carbons (Fsp3) is 0.294. The maximum atomic E-state index is 11.9. The van der Waals surface area contributed by atoms with Crippen LogP contribution >= 0.6 is 23.2 Å². The van der Waals surface area contributed by atoms with E-state index in [0.717, 1.165) is 4.57 Å². The van der Waals surface area contributed by atoms with Crippen LogP contribution in [-0.2, 0) is 14.1 Å². The van der Waals surface area contributed by atoms with Gasteiger partial charge in [0.2, 0.25) is 0 Å². The van der Waals surface area contributed by atoms with E-state index in [1.165, 1.54) is 17.7 Å². The van der Waals surface area contributed by atoms with Gasteiger partial charge in [0, 0.05) is 32.2 Å². The molecule has 1 aromatic carbocycles. The molecule has 0 bridgehead atoms. The van der Waals surface area contributed by atoms with Crippen LogP contribution in [0.4, 0.5) is 5.82 Å². The van der Waals surface area contributed by atoms with Crippen molar-refractivity contribution < 1.29 is 4.74 Å². The van der Waals surface area contributed by atoms with Crippen molar-refractivity contribution in [3.63, 3.8) is 0 Å². The highest BCUT2D eigenvalue weighted by atomic mass is 35.5. The average Bonchev–Trinajstić information content (AvgIpc) is 2.57. The lowest BCUT2D eigenvalue weighted by molar-refractivity contribution is 0.370. The highest BCUT2D eigenvalue weighted by molar-refractivity contribution is 6.35. The van der Waals surface area contributed by atoms with E-state index in [1.807, 2.05) is 0 Å². The first-order valence-corrected chi connectivity index (χ1v) is 8.08. The van der Waals surface area contributed by atoms with Gasteiger partial charge in [-0.15, -0.1) is 0 Å². The van der Waals surface area contributed by atoms with Crippen molar-refractivity contribution in [3.05, 3.63) is 55.1 Å². The Morgan fingerprint density at radius 3 is 2.52 bits per heavy atom. The summed E-state index contributed by atoms with van der Waals surface area (Å²) >= 11 is 11.8. The van der Waals surface area contributed by atoms with E-state index in [-0.39, 0.29) is 17.9 Å². The molecule has 132 valence electrons. The van der Waals surface area contributed by atoms with E-state index in [2.05, 4.69) is 11.8 Å². The Balaban J connectivity index is 2.00. The van der Waals surface area contributed by atoms with E-state index < -0.39 is 0 Å². The third kappa shape index (κ3) is 4.59. The molecule has 0 radical (unpaired) electrons. The number of halogens is 2. The Hall–Kier alpha value is -2.36. The molecule has 1 heterocycles. The van der Waals surface area contributed by atoms with Gasteiger partial charge in [-0.3, -0.25) is 13.9 Å². The lowest BCUT2D eigenvalue weighted by Crippen LogP contribution is -2.39. The number of ether oxygens (including phenoxy) is 1. The number of anilines is 1. The van der Waals surface area contributed by atoms with Crippen molar-refractivity contribution in [2.75, 3.05) is 25.1 Å². The fourth-order valence-corrected chi connectivity index (χ4v) is 2.56. The first kappa shape index (κ1) is 19.0. The van der Waals surface area contributed by atoms with Crippen LogP contribution in [0.1, 0.15) is 0 Å². The molecule has 0 saturated carbocycles. The number of benzene rings is 1. The highest BCUT2D eigenvalue weighted by Gasteiger charge is 2.08. The van der Waals surface area contributed by atoms with Gasteiger partial charge in [0.1, 0.15) is 18.2 Å². The largest absolute Gasteiger partial charge is 0.479 e. The average molecular weight is 382 g/mol. The third-order valence-corrected chi connectivity index (χ3v) is 4.06. The maximum Gasteiger partial charge on any atom is 0.332 e. The van der Waals surface area contributed by atoms with Crippen molar-refractivity contribution >= 4 is 29.0 Å². The molecule has 0 saturated heterocycles. The van der Waals surface area contributed by atoms with Gasteiger partial charge in [0.25, 0.3) is 5.56 Å². The molecule has 0 N–H and O–H groups in total. The lowest BCUT2D eigenvalue weighted by atomic mass is 10.3. The molecule has 25 heavy (non-hydrogen) atoms. The Morgan fingerprint density at radius 1 is 1.12 bits per heavy atom. The van der Waals surface area contributed by atoms with Gasteiger partial charge in [0.05, 0.1) is 11.6 Å². The summed E-state index contributed by atoms with van der Waals surface area (Å²) in [4.78, 5) is 25.4. The minimum absolute atomic E-state index is 0.157. The van der Waals surface area contributed by atoms with Crippen molar-refractivity contribution in [2.45, 2.75) is 0 Å². The molecular formula is C17H17Cl2N3O3. The van der Waals surface area contributed by atoms with Gasteiger partial charge in [0.15, 0.2) is 0 Å². The first-order chi connectivity index (χ1) is 11.8. The Labute approximate surface area is 155 Å². The molecule has 6 nitrogen and oxygen atoms in total. The second-order valence-electron chi connectivity index (χ2n) is 5.31. The summed E-state index contributed by atoms with van der Waals surface area (Å²) < 4.78 is 7.91.